The Labute approximate surface area is 105 Å². The average molecular weight is 239 g/mol. The molecule has 2 aliphatic rings. The van der Waals surface area contributed by atoms with E-state index in [1.54, 1.807) is 6.33 Å². The zero-order valence-electron chi connectivity index (χ0n) is 9.94. The van der Waals surface area contributed by atoms with Crippen LogP contribution in [0.3, 0.4) is 0 Å². The molecular formula is C14H13N3O. The van der Waals surface area contributed by atoms with Crippen molar-refractivity contribution in [3.63, 3.8) is 0 Å². The van der Waals surface area contributed by atoms with Crippen molar-refractivity contribution in [2.24, 2.45) is 5.41 Å². The van der Waals surface area contributed by atoms with Gasteiger partial charge in [-0.15, -0.1) is 0 Å². The van der Waals surface area contributed by atoms with E-state index in [0.29, 0.717) is 13.2 Å². The molecule has 1 saturated heterocycles. The molecule has 18 heavy (non-hydrogen) atoms. The van der Waals surface area contributed by atoms with Crippen molar-refractivity contribution in [1.29, 1.82) is 5.26 Å². The molecule has 0 unspecified atom stereocenters. The molecule has 0 atom stereocenters. The molecule has 90 valence electrons. The lowest BCUT2D eigenvalue weighted by Gasteiger charge is -2.45. The Balaban J connectivity index is 1.87. The van der Waals surface area contributed by atoms with Gasteiger partial charge in [-0.05, 0) is 30.5 Å². The number of imidazole rings is 1. The normalized spacial score (nSPS) is 23.3. The molecule has 0 amide bonds. The van der Waals surface area contributed by atoms with Crippen LogP contribution in [0.15, 0.2) is 24.5 Å². The van der Waals surface area contributed by atoms with Crippen molar-refractivity contribution in [3.8, 4) is 6.07 Å². The number of nitrogens with one attached hydrogen (secondary N) is 1. The van der Waals surface area contributed by atoms with Gasteiger partial charge in [-0.2, -0.15) is 5.26 Å². The summed E-state index contributed by atoms with van der Waals surface area (Å²) < 4.78 is 5.44. The number of rotatable bonds is 2. The molecule has 1 aromatic carbocycles. The fourth-order valence-corrected chi connectivity index (χ4v) is 3.08. The molecule has 2 heterocycles. The van der Waals surface area contributed by atoms with Gasteiger partial charge in [0, 0.05) is 0 Å². The smallest absolute Gasteiger partial charge is 0.0931 e. The van der Waals surface area contributed by atoms with Gasteiger partial charge in [-0.3, -0.25) is 0 Å². The van der Waals surface area contributed by atoms with Crippen molar-refractivity contribution >= 4 is 11.0 Å². The van der Waals surface area contributed by atoms with E-state index < -0.39 is 0 Å². The van der Waals surface area contributed by atoms with Gasteiger partial charge in [0.15, 0.2) is 0 Å². The van der Waals surface area contributed by atoms with E-state index in [9.17, 15) is 5.26 Å². The highest BCUT2D eigenvalue weighted by Crippen LogP contribution is 2.62. The third-order valence-electron chi connectivity index (χ3n) is 4.55. The van der Waals surface area contributed by atoms with Crippen molar-refractivity contribution in [3.05, 3.63) is 30.1 Å². The number of nitriles is 1. The highest BCUT2D eigenvalue weighted by Gasteiger charge is 2.64. The second-order valence-corrected chi connectivity index (χ2v) is 5.40. The van der Waals surface area contributed by atoms with Crippen LogP contribution in [-0.2, 0) is 10.2 Å². The minimum Gasteiger partial charge on any atom is -0.379 e. The van der Waals surface area contributed by atoms with Crippen LogP contribution in [0.25, 0.3) is 11.0 Å². The van der Waals surface area contributed by atoms with Crippen LogP contribution in [0, 0.1) is 16.7 Å². The number of fused-ring (bicyclic) bond motifs is 1. The van der Waals surface area contributed by atoms with Gasteiger partial charge in [0.2, 0.25) is 0 Å². The Morgan fingerprint density at radius 3 is 2.78 bits per heavy atom. The fraction of sp³-hybridized carbons (Fsp3) is 0.429. The molecule has 4 heteroatoms. The van der Waals surface area contributed by atoms with Gasteiger partial charge in [-0.1, -0.05) is 6.07 Å². The summed E-state index contributed by atoms with van der Waals surface area (Å²) in [5.74, 6) is 0. The van der Waals surface area contributed by atoms with Crippen LogP contribution in [0.4, 0.5) is 0 Å². The van der Waals surface area contributed by atoms with Gasteiger partial charge in [-0.25, -0.2) is 4.98 Å². The molecule has 1 aliphatic heterocycles. The number of benzene rings is 1. The first-order valence-corrected chi connectivity index (χ1v) is 6.22. The Morgan fingerprint density at radius 1 is 1.33 bits per heavy atom. The Bertz CT molecular complexity index is 659. The van der Waals surface area contributed by atoms with Crippen LogP contribution in [0.1, 0.15) is 18.4 Å². The summed E-state index contributed by atoms with van der Waals surface area (Å²) in [6.07, 6.45) is 3.69. The van der Waals surface area contributed by atoms with Crippen molar-refractivity contribution in [2.75, 3.05) is 13.2 Å². The summed E-state index contributed by atoms with van der Waals surface area (Å²) in [5, 5.41) is 9.47. The number of aromatic nitrogens is 2. The summed E-state index contributed by atoms with van der Waals surface area (Å²) in [4.78, 5) is 7.37. The zero-order chi connectivity index (χ0) is 12.2. The highest BCUT2D eigenvalue weighted by atomic mass is 16.5. The molecule has 0 radical (unpaired) electrons. The number of hydrogen-bond donors (Lipinski definition) is 1. The molecule has 1 aliphatic carbocycles. The van der Waals surface area contributed by atoms with E-state index in [1.807, 2.05) is 6.07 Å². The minimum absolute atomic E-state index is 0.0962. The van der Waals surface area contributed by atoms with Crippen LogP contribution >= 0.6 is 0 Å². The third kappa shape index (κ3) is 1.05. The molecule has 4 rings (SSSR count). The largest absolute Gasteiger partial charge is 0.379 e. The molecular weight excluding hydrogens is 226 g/mol. The van der Waals surface area contributed by atoms with E-state index >= 15 is 0 Å². The van der Waals surface area contributed by atoms with Crippen molar-refractivity contribution in [2.45, 2.75) is 18.3 Å². The summed E-state index contributed by atoms with van der Waals surface area (Å²) in [6, 6.07) is 8.78. The monoisotopic (exact) mass is 239 g/mol. The van der Waals surface area contributed by atoms with Crippen molar-refractivity contribution < 1.29 is 4.74 Å². The maximum Gasteiger partial charge on any atom is 0.0931 e. The number of aromatic amines is 1. The second-order valence-electron chi connectivity index (χ2n) is 5.40. The summed E-state index contributed by atoms with van der Waals surface area (Å²) >= 11 is 0. The van der Waals surface area contributed by atoms with E-state index in [4.69, 9.17) is 4.74 Å². The molecule has 1 aromatic heterocycles. The molecule has 2 fully saturated rings. The lowest BCUT2D eigenvalue weighted by Crippen LogP contribution is -2.53. The molecule has 2 aromatic rings. The first-order chi connectivity index (χ1) is 8.80. The Kier molecular flexibility index (Phi) is 1.75. The van der Waals surface area contributed by atoms with Gasteiger partial charge in [0.25, 0.3) is 0 Å². The first-order valence-electron chi connectivity index (χ1n) is 6.22. The summed E-state index contributed by atoms with van der Waals surface area (Å²) in [5.41, 5.74) is 2.92. The second kappa shape index (κ2) is 3.12. The number of ether oxygens (including phenoxy) is 1. The third-order valence-corrected chi connectivity index (χ3v) is 4.55. The minimum atomic E-state index is -0.195. The fourth-order valence-electron chi connectivity index (χ4n) is 3.08. The first kappa shape index (κ1) is 10.1. The highest BCUT2D eigenvalue weighted by molar-refractivity contribution is 5.75. The lowest BCUT2D eigenvalue weighted by atomic mass is 9.66. The van der Waals surface area contributed by atoms with E-state index in [-0.39, 0.29) is 10.8 Å². The molecule has 4 nitrogen and oxygen atoms in total. The molecule has 0 bridgehead atoms. The van der Waals surface area contributed by atoms with Gasteiger partial charge < -0.3 is 9.72 Å². The average Bonchev–Trinajstić information content (AvgIpc) is 2.99. The topological polar surface area (TPSA) is 61.7 Å². The standard InChI is InChI=1S/C14H13N3O/c15-6-13(3-4-13)14(7-18-8-14)10-1-2-11-12(5-10)17-9-16-11/h1-2,5,9H,3-4,7-8H2,(H,16,17). The summed E-state index contributed by atoms with van der Waals surface area (Å²) in [6.45, 7) is 1.33. The molecule has 1 saturated carbocycles. The Morgan fingerprint density at radius 2 is 2.17 bits per heavy atom. The number of H-pyrrole nitrogens is 1. The predicted octanol–water partition coefficient (Wildman–Crippen LogP) is 2.13. The van der Waals surface area contributed by atoms with Crippen LogP contribution in [0.5, 0.6) is 0 Å². The van der Waals surface area contributed by atoms with Crippen LogP contribution in [-0.4, -0.2) is 23.2 Å². The summed E-state index contributed by atoms with van der Waals surface area (Å²) in [7, 11) is 0. The van der Waals surface area contributed by atoms with Crippen molar-refractivity contribution in [1.82, 2.24) is 9.97 Å². The maximum atomic E-state index is 9.47. The maximum absolute atomic E-state index is 9.47. The van der Waals surface area contributed by atoms with Gasteiger partial charge in [0.05, 0.1) is 47.5 Å². The van der Waals surface area contributed by atoms with Gasteiger partial charge >= 0.3 is 0 Å². The predicted molar refractivity (Wildman–Crippen MR) is 65.9 cm³/mol. The van der Waals surface area contributed by atoms with Gasteiger partial charge in [0.1, 0.15) is 0 Å². The quantitative estimate of drug-likeness (QED) is 0.873. The molecule has 1 N–H and O–H groups in total. The van der Waals surface area contributed by atoms with E-state index in [2.05, 4.69) is 28.2 Å². The SMILES string of the molecule is N#CC1(C2(c3ccc4nc[nH]c4c3)COC2)CC1. The number of hydrogen-bond acceptors (Lipinski definition) is 3. The Hall–Kier alpha value is -1.86. The van der Waals surface area contributed by atoms with Crippen LogP contribution < -0.4 is 0 Å². The van der Waals surface area contributed by atoms with E-state index in [1.165, 1.54) is 5.56 Å². The molecule has 0 spiro atoms. The van der Waals surface area contributed by atoms with Crippen LogP contribution in [0.2, 0.25) is 0 Å². The zero-order valence-corrected chi connectivity index (χ0v) is 9.94. The van der Waals surface area contributed by atoms with E-state index in [0.717, 1.165) is 23.9 Å². The number of nitrogens with zero attached hydrogens (tertiary/aromatic N) is 2. The lowest BCUT2D eigenvalue weighted by molar-refractivity contribution is -0.0866.